The Kier molecular flexibility index (Phi) is 11.5. The van der Waals surface area contributed by atoms with Crippen LogP contribution in [0, 0.1) is 11.6 Å². The van der Waals surface area contributed by atoms with E-state index in [-0.39, 0.29) is 42.3 Å². The van der Waals surface area contributed by atoms with Crippen molar-refractivity contribution in [2.24, 2.45) is 0 Å². The van der Waals surface area contributed by atoms with Crippen LogP contribution in [0.1, 0.15) is 41.5 Å². The molecule has 0 unspecified atom stereocenters. The van der Waals surface area contributed by atoms with Crippen molar-refractivity contribution in [1.82, 2.24) is 39.8 Å². The number of pyridine rings is 1. The minimum Gasteiger partial charge on any atom is -0.475 e. The van der Waals surface area contributed by atoms with Crippen LogP contribution in [0.25, 0.3) is 33.1 Å². The summed E-state index contributed by atoms with van der Waals surface area (Å²) in [7, 11) is 1.53. The first kappa shape index (κ1) is 37.9. The molecule has 16 heteroatoms. The number of benzene rings is 2. The van der Waals surface area contributed by atoms with Crippen LogP contribution >= 0.6 is 0 Å². The number of methoxy groups -OCH3 is 1. The van der Waals surface area contributed by atoms with Gasteiger partial charge < -0.3 is 34.1 Å². The number of halogens is 2. The summed E-state index contributed by atoms with van der Waals surface area (Å²) in [5.74, 6) is -0.209. The van der Waals surface area contributed by atoms with Crippen molar-refractivity contribution in [2.45, 2.75) is 39.3 Å². The number of nitrogens with zero attached hydrogens (tertiary/aromatic N) is 8. The second-order valence-corrected chi connectivity index (χ2v) is 14.2. The zero-order valence-corrected chi connectivity index (χ0v) is 31.9. The lowest BCUT2D eigenvalue weighted by Gasteiger charge is -2.26. The minimum absolute atomic E-state index is 0.0102. The highest BCUT2D eigenvalue weighted by Gasteiger charge is 2.28. The van der Waals surface area contributed by atoms with Crippen LogP contribution < -0.4 is 19.7 Å². The molecule has 2 saturated heterocycles. The molecule has 0 spiro atoms. The van der Waals surface area contributed by atoms with Gasteiger partial charge in [-0.15, -0.1) is 0 Å². The Morgan fingerprint density at radius 2 is 1.84 bits per heavy atom. The van der Waals surface area contributed by atoms with Crippen LogP contribution in [0.2, 0.25) is 0 Å². The Hall–Kier alpha value is -5.03. The normalized spacial score (nSPS) is 16.6. The lowest BCUT2D eigenvalue weighted by molar-refractivity contribution is 0.0356. The number of hydrogen-bond acceptors (Lipinski definition) is 12. The average Bonchev–Trinajstić information content (AvgIpc) is 3.53. The van der Waals surface area contributed by atoms with Gasteiger partial charge in [0.2, 0.25) is 5.82 Å². The van der Waals surface area contributed by atoms with E-state index < -0.39 is 5.82 Å². The van der Waals surface area contributed by atoms with Crippen LogP contribution in [0.5, 0.6) is 11.6 Å². The number of rotatable bonds is 12. The van der Waals surface area contributed by atoms with Crippen molar-refractivity contribution in [3.05, 3.63) is 65.1 Å². The number of aryl methyl sites for hydroxylation is 2. The molecular weight excluding hydrogens is 724 g/mol. The van der Waals surface area contributed by atoms with E-state index in [9.17, 15) is 4.79 Å². The minimum atomic E-state index is -0.708. The Bertz CT molecular complexity index is 2210. The van der Waals surface area contributed by atoms with Crippen LogP contribution in [0.15, 0.2) is 36.5 Å². The predicted molar refractivity (Wildman–Crippen MR) is 206 cm³/mol. The molecule has 0 aliphatic carbocycles. The Morgan fingerprint density at radius 1 is 1.00 bits per heavy atom. The van der Waals surface area contributed by atoms with Gasteiger partial charge in [0.15, 0.2) is 18.3 Å². The Labute approximate surface area is 323 Å². The van der Waals surface area contributed by atoms with E-state index in [1.54, 1.807) is 18.3 Å². The number of amides is 1. The average molecular weight is 772 g/mol. The van der Waals surface area contributed by atoms with Crippen molar-refractivity contribution < 1.29 is 32.5 Å². The number of carbonyl (C=O) groups is 1. The molecule has 0 bridgehead atoms. The molecule has 0 saturated carbocycles. The molecule has 56 heavy (non-hydrogen) atoms. The number of anilines is 1. The lowest BCUT2D eigenvalue weighted by Crippen LogP contribution is -2.46. The number of piperazine rings is 1. The standard InChI is InChI=1S/C40H47F2N9O5/c1-3-29-32(41)7-6-26-20-28(56-25-53-2)22-30(34(26)29)37-45-36-31(23-44-39(35(36)42)55-17-5-10-48-15-18-54-19-16-48)38(46-37)50-11-4-12-51-27(24-50)21-33(47-51)40(52)49-13-8-43-9-14-49/h6-7,20-23,43H,3-5,8-19,24-25H2,1-2H3. The zero-order valence-electron chi connectivity index (χ0n) is 31.9. The fraction of sp³-hybridized carbons (Fsp3) is 0.475. The van der Waals surface area contributed by atoms with Gasteiger partial charge in [0.25, 0.3) is 11.8 Å². The number of morpholine rings is 1. The van der Waals surface area contributed by atoms with Gasteiger partial charge in [-0.1, -0.05) is 13.0 Å². The SMILES string of the molecule is CCc1c(F)ccc2cc(OCOC)cc(-c3nc(N4CCCn5nc(C(=O)N6CCNCC6)cc5C4)c4cnc(OCCCN5CCOCC5)c(F)c4n3)c12. The van der Waals surface area contributed by atoms with Gasteiger partial charge in [-0.2, -0.15) is 9.49 Å². The first-order valence-corrected chi connectivity index (χ1v) is 19.4. The molecule has 3 aliphatic heterocycles. The summed E-state index contributed by atoms with van der Waals surface area (Å²) in [6, 6.07) is 8.54. The number of carbonyl (C=O) groups excluding carboxylic acids is 1. The molecule has 3 aliphatic rings. The number of fused-ring (bicyclic) bond motifs is 3. The number of nitrogens with one attached hydrogen (secondary N) is 1. The molecule has 3 aromatic heterocycles. The zero-order chi connectivity index (χ0) is 38.6. The van der Waals surface area contributed by atoms with Crippen LogP contribution in [-0.4, -0.2) is 127 Å². The van der Waals surface area contributed by atoms with Crippen molar-refractivity contribution in [3.8, 4) is 23.0 Å². The maximum absolute atomic E-state index is 16.8. The van der Waals surface area contributed by atoms with Gasteiger partial charge in [0.05, 0.1) is 37.4 Å². The second-order valence-electron chi connectivity index (χ2n) is 14.2. The summed E-state index contributed by atoms with van der Waals surface area (Å²) >= 11 is 0. The van der Waals surface area contributed by atoms with Crippen molar-refractivity contribution in [2.75, 3.05) is 91.0 Å². The molecule has 1 N–H and O–H groups in total. The quantitative estimate of drug-likeness (QED) is 0.142. The van der Waals surface area contributed by atoms with E-state index in [0.717, 1.165) is 43.8 Å². The van der Waals surface area contributed by atoms with E-state index in [4.69, 9.17) is 34.0 Å². The topological polar surface area (TPSA) is 132 Å². The molecule has 6 heterocycles. The van der Waals surface area contributed by atoms with Crippen LogP contribution in [-0.2, 0) is 29.0 Å². The van der Waals surface area contributed by atoms with Crippen LogP contribution in [0.4, 0.5) is 14.6 Å². The van der Waals surface area contributed by atoms with Crippen molar-refractivity contribution in [1.29, 1.82) is 0 Å². The monoisotopic (exact) mass is 771 g/mol. The van der Waals surface area contributed by atoms with Gasteiger partial charge in [0, 0.05) is 77.8 Å². The number of hydrogen-bond donors (Lipinski definition) is 1. The van der Waals surface area contributed by atoms with Crippen molar-refractivity contribution >= 4 is 33.4 Å². The van der Waals surface area contributed by atoms with Crippen molar-refractivity contribution in [3.63, 3.8) is 0 Å². The molecular formula is C40H47F2N9O5. The van der Waals surface area contributed by atoms with E-state index in [0.29, 0.717) is 104 Å². The summed E-state index contributed by atoms with van der Waals surface area (Å²) in [5.41, 5.74) is 2.23. The van der Waals surface area contributed by atoms with Gasteiger partial charge in [-0.05, 0) is 59.9 Å². The molecule has 14 nitrogen and oxygen atoms in total. The summed E-state index contributed by atoms with van der Waals surface area (Å²) in [4.78, 5) is 34.0. The lowest BCUT2D eigenvalue weighted by atomic mass is 9.96. The number of ether oxygens (including phenoxy) is 4. The van der Waals surface area contributed by atoms with E-state index in [1.807, 2.05) is 33.5 Å². The molecule has 2 fully saturated rings. The summed E-state index contributed by atoms with van der Waals surface area (Å²) in [6.07, 6.45) is 3.33. The summed E-state index contributed by atoms with van der Waals surface area (Å²) < 4.78 is 56.6. The maximum atomic E-state index is 16.8. The first-order valence-electron chi connectivity index (χ1n) is 19.4. The van der Waals surface area contributed by atoms with Gasteiger partial charge in [-0.3, -0.25) is 14.4 Å². The largest absolute Gasteiger partial charge is 0.475 e. The fourth-order valence-corrected chi connectivity index (χ4v) is 7.77. The molecule has 296 valence electrons. The number of aromatic nitrogens is 5. The van der Waals surface area contributed by atoms with Crippen LogP contribution in [0.3, 0.4) is 0 Å². The third-order valence-corrected chi connectivity index (χ3v) is 10.6. The molecule has 1 amide bonds. The highest BCUT2D eigenvalue weighted by atomic mass is 19.1. The fourth-order valence-electron chi connectivity index (χ4n) is 7.77. The maximum Gasteiger partial charge on any atom is 0.274 e. The Morgan fingerprint density at radius 3 is 2.64 bits per heavy atom. The predicted octanol–water partition coefficient (Wildman–Crippen LogP) is 4.42. The molecule has 8 rings (SSSR count). The molecule has 2 aromatic carbocycles. The van der Waals surface area contributed by atoms with Gasteiger partial charge in [-0.25, -0.2) is 19.3 Å². The summed E-state index contributed by atoms with van der Waals surface area (Å²) in [5, 5.41) is 9.73. The molecule has 5 aromatic rings. The smallest absolute Gasteiger partial charge is 0.274 e. The molecule has 0 radical (unpaired) electrons. The third kappa shape index (κ3) is 7.83. The van der Waals surface area contributed by atoms with Gasteiger partial charge in [0.1, 0.15) is 22.9 Å². The van der Waals surface area contributed by atoms with E-state index in [2.05, 4.69) is 15.2 Å². The highest BCUT2D eigenvalue weighted by Crippen LogP contribution is 2.39. The first-order chi connectivity index (χ1) is 27.4. The van der Waals surface area contributed by atoms with E-state index >= 15 is 8.78 Å². The van der Waals surface area contributed by atoms with E-state index in [1.165, 1.54) is 13.2 Å². The highest BCUT2D eigenvalue weighted by molar-refractivity contribution is 6.01. The summed E-state index contributed by atoms with van der Waals surface area (Å²) in [6.45, 7) is 10.3. The molecule has 0 atom stereocenters. The second kappa shape index (κ2) is 17.0. The third-order valence-electron chi connectivity index (χ3n) is 10.6. The van der Waals surface area contributed by atoms with Gasteiger partial charge >= 0.3 is 0 Å². The Balaban J connectivity index is 1.21.